The van der Waals surface area contributed by atoms with Gasteiger partial charge in [-0.15, -0.1) is 0 Å². The molecule has 0 bridgehead atoms. The second-order valence-electron chi connectivity index (χ2n) is 6.77. The summed E-state index contributed by atoms with van der Waals surface area (Å²) in [4.78, 5) is 22.5. The zero-order valence-corrected chi connectivity index (χ0v) is 14.5. The van der Waals surface area contributed by atoms with E-state index in [0.29, 0.717) is 31.7 Å². The Kier molecular flexibility index (Phi) is 7.42. The van der Waals surface area contributed by atoms with Crippen LogP contribution in [0.2, 0.25) is 0 Å². The summed E-state index contributed by atoms with van der Waals surface area (Å²) < 4.78 is 39.9. The molecule has 1 aromatic rings. The van der Waals surface area contributed by atoms with Gasteiger partial charge in [-0.3, -0.25) is 9.59 Å². The number of hydrogen-bond acceptors (Lipinski definition) is 2. The van der Waals surface area contributed by atoms with Crippen molar-refractivity contribution >= 4 is 17.8 Å². The van der Waals surface area contributed by atoms with Crippen molar-refractivity contribution in [2.75, 3.05) is 0 Å². The Labute approximate surface area is 150 Å². The van der Waals surface area contributed by atoms with Gasteiger partial charge in [0, 0.05) is 30.4 Å². The number of Topliss-reactive ketones (excluding diaryl/α,β-unsaturated/α-hetero) is 1. The first-order valence-electron chi connectivity index (χ1n) is 8.95. The number of rotatable bonds is 9. The molecule has 6 heteroatoms. The predicted molar refractivity (Wildman–Crippen MR) is 91.9 cm³/mol. The van der Waals surface area contributed by atoms with Gasteiger partial charge in [0.2, 0.25) is 0 Å². The van der Waals surface area contributed by atoms with Crippen molar-refractivity contribution in [1.82, 2.24) is 0 Å². The number of ketones is 1. The average Bonchev–Trinajstić information content (AvgIpc) is 2.93. The Morgan fingerprint density at radius 3 is 2.50 bits per heavy atom. The number of allylic oxidation sites excluding steroid dienone is 1. The minimum atomic E-state index is -1.23. The van der Waals surface area contributed by atoms with E-state index in [1.165, 1.54) is 6.08 Å². The molecule has 3 nitrogen and oxygen atoms in total. The highest BCUT2D eigenvalue weighted by Gasteiger charge is 2.32. The van der Waals surface area contributed by atoms with Crippen molar-refractivity contribution in [3.05, 3.63) is 41.2 Å². The number of carbonyl (C=O) groups excluding carboxylic acids is 1. The first-order valence-corrected chi connectivity index (χ1v) is 8.95. The number of hydrogen-bond donors (Lipinski definition) is 1. The first kappa shape index (κ1) is 20.2. The highest BCUT2D eigenvalue weighted by atomic mass is 19.2. The molecule has 0 aliphatic heterocycles. The van der Waals surface area contributed by atoms with Gasteiger partial charge in [-0.1, -0.05) is 31.4 Å². The third-order valence-electron chi connectivity index (χ3n) is 4.87. The number of unbranched alkanes of at least 4 members (excludes halogenated alkanes) is 3. The molecular weight excluding hydrogens is 345 g/mol. The van der Waals surface area contributed by atoms with E-state index in [9.17, 15) is 22.8 Å². The van der Waals surface area contributed by atoms with Gasteiger partial charge < -0.3 is 5.11 Å². The summed E-state index contributed by atoms with van der Waals surface area (Å²) >= 11 is 0. The molecule has 26 heavy (non-hydrogen) atoms. The van der Waals surface area contributed by atoms with E-state index >= 15 is 0 Å². The van der Waals surface area contributed by atoms with Crippen LogP contribution in [0.3, 0.4) is 0 Å². The largest absolute Gasteiger partial charge is 0.481 e. The Bertz CT molecular complexity index is 685. The SMILES string of the molecule is O=C(O)CCCCCCC1C(=O)CCC1C=Cc1cc(F)c(F)cc1F. The van der Waals surface area contributed by atoms with E-state index in [0.717, 1.165) is 25.3 Å². The molecule has 1 aliphatic carbocycles. The molecule has 0 spiro atoms. The van der Waals surface area contributed by atoms with Crippen LogP contribution in [-0.2, 0) is 9.59 Å². The molecule has 0 aromatic heterocycles. The van der Waals surface area contributed by atoms with E-state index in [2.05, 4.69) is 0 Å². The first-order chi connectivity index (χ1) is 12.4. The quantitative estimate of drug-likeness (QED) is 0.485. The highest BCUT2D eigenvalue weighted by molar-refractivity contribution is 5.84. The lowest BCUT2D eigenvalue weighted by molar-refractivity contribution is -0.137. The van der Waals surface area contributed by atoms with Crippen molar-refractivity contribution in [3.63, 3.8) is 0 Å². The summed E-state index contributed by atoms with van der Waals surface area (Å²) in [6.07, 6.45) is 8.29. The van der Waals surface area contributed by atoms with E-state index in [1.54, 1.807) is 6.08 Å². The molecule has 142 valence electrons. The molecule has 1 aliphatic rings. The van der Waals surface area contributed by atoms with Crippen molar-refractivity contribution in [3.8, 4) is 0 Å². The van der Waals surface area contributed by atoms with Crippen LogP contribution in [0.15, 0.2) is 18.2 Å². The van der Waals surface area contributed by atoms with E-state index in [1.807, 2.05) is 0 Å². The van der Waals surface area contributed by atoms with E-state index in [4.69, 9.17) is 5.11 Å². The van der Waals surface area contributed by atoms with Crippen molar-refractivity contribution < 1.29 is 27.9 Å². The van der Waals surface area contributed by atoms with Gasteiger partial charge in [0.05, 0.1) is 0 Å². The Balaban J connectivity index is 1.88. The summed E-state index contributed by atoms with van der Waals surface area (Å²) in [5.41, 5.74) is -0.0318. The van der Waals surface area contributed by atoms with E-state index < -0.39 is 23.4 Å². The summed E-state index contributed by atoms with van der Waals surface area (Å²) in [5.74, 6) is -3.96. The second-order valence-corrected chi connectivity index (χ2v) is 6.77. The van der Waals surface area contributed by atoms with Crippen LogP contribution >= 0.6 is 0 Å². The van der Waals surface area contributed by atoms with Crippen LogP contribution in [0.5, 0.6) is 0 Å². The second kappa shape index (κ2) is 9.55. The van der Waals surface area contributed by atoms with Gasteiger partial charge in [-0.05, 0) is 31.2 Å². The van der Waals surface area contributed by atoms with Gasteiger partial charge >= 0.3 is 5.97 Å². The van der Waals surface area contributed by atoms with Gasteiger partial charge in [0.25, 0.3) is 0 Å². The van der Waals surface area contributed by atoms with Crippen LogP contribution < -0.4 is 0 Å². The lowest BCUT2D eigenvalue weighted by atomic mass is 9.89. The molecule has 0 saturated heterocycles. The molecule has 0 amide bonds. The molecule has 2 atom stereocenters. The third-order valence-corrected chi connectivity index (χ3v) is 4.87. The maximum absolute atomic E-state index is 13.7. The summed E-state index contributed by atoms with van der Waals surface area (Å²) in [7, 11) is 0. The molecule has 1 N–H and O–H groups in total. The smallest absolute Gasteiger partial charge is 0.303 e. The maximum atomic E-state index is 13.7. The van der Waals surface area contributed by atoms with Gasteiger partial charge in [0.1, 0.15) is 11.6 Å². The van der Waals surface area contributed by atoms with Crippen molar-refractivity contribution in [2.45, 2.75) is 51.4 Å². The van der Waals surface area contributed by atoms with Gasteiger partial charge in [-0.25, -0.2) is 13.2 Å². The Hall–Kier alpha value is -2.11. The lowest BCUT2D eigenvalue weighted by Crippen LogP contribution is -2.13. The summed E-state index contributed by atoms with van der Waals surface area (Å²) in [6.45, 7) is 0. The fraction of sp³-hybridized carbons (Fsp3) is 0.500. The molecule has 2 unspecified atom stereocenters. The number of carbonyl (C=O) groups is 2. The molecule has 1 saturated carbocycles. The minimum absolute atomic E-state index is 0.0318. The van der Waals surface area contributed by atoms with Crippen LogP contribution in [0.1, 0.15) is 56.9 Å². The number of benzene rings is 1. The standard InChI is InChI=1S/C20H23F3O3/c21-16-12-18(23)17(22)11-14(16)8-7-13-9-10-19(24)15(13)5-3-1-2-4-6-20(25)26/h7-8,11-13,15H,1-6,9-10H2,(H,25,26). The topological polar surface area (TPSA) is 54.4 Å². The minimum Gasteiger partial charge on any atom is -0.481 e. The third kappa shape index (κ3) is 5.71. The van der Waals surface area contributed by atoms with Crippen LogP contribution in [0.4, 0.5) is 13.2 Å². The molecule has 1 fully saturated rings. The van der Waals surface area contributed by atoms with Crippen molar-refractivity contribution in [2.24, 2.45) is 11.8 Å². The zero-order valence-electron chi connectivity index (χ0n) is 14.5. The molecule has 2 rings (SSSR count). The van der Waals surface area contributed by atoms with Crippen LogP contribution in [0.25, 0.3) is 6.08 Å². The van der Waals surface area contributed by atoms with E-state index in [-0.39, 0.29) is 29.6 Å². The highest BCUT2D eigenvalue weighted by Crippen LogP contribution is 2.34. The zero-order chi connectivity index (χ0) is 19.1. The lowest BCUT2D eigenvalue weighted by Gasteiger charge is -2.15. The molecule has 1 aromatic carbocycles. The van der Waals surface area contributed by atoms with Crippen molar-refractivity contribution in [1.29, 1.82) is 0 Å². The fourth-order valence-corrected chi connectivity index (χ4v) is 3.43. The monoisotopic (exact) mass is 368 g/mol. The molecular formula is C20H23F3O3. The molecule has 0 heterocycles. The van der Waals surface area contributed by atoms with Crippen LogP contribution in [-0.4, -0.2) is 16.9 Å². The summed E-state index contributed by atoms with van der Waals surface area (Å²) in [6, 6.07) is 1.33. The normalized spacial score (nSPS) is 20.2. The Morgan fingerprint density at radius 1 is 1.08 bits per heavy atom. The summed E-state index contributed by atoms with van der Waals surface area (Å²) in [5, 5.41) is 8.59. The number of carboxylic acids is 1. The van der Waals surface area contributed by atoms with Gasteiger partial charge in [0.15, 0.2) is 11.6 Å². The number of aliphatic carboxylic acids is 1. The predicted octanol–water partition coefficient (Wildman–Crippen LogP) is 5.14. The maximum Gasteiger partial charge on any atom is 0.303 e. The van der Waals surface area contributed by atoms with Crippen LogP contribution in [0, 0.1) is 29.3 Å². The average molecular weight is 368 g/mol. The molecule has 0 radical (unpaired) electrons. The number of halogens is 3. The number of carboxylic acid groups (broad SMARTS) is 1. The van der Waals surface area contributed by atoms with Gasteiger partial charge in [-0.2, -0.15) is 0 Å². The fourth-order valence-electron chi connectivity index (χ4n) is 3.43. The Morgan fingerprint density at radius 2 is 1.77 bits per heavy atom.